The third-order valence-electron chi connectivity index (χ3n) is 3.74. The van der Waals surface area contributed by atoms with Gasteiger partial charge in [0.1, 0.15) is 0 Å². The summed E-state index contributed by atoms with van der Waals surface area (Å²) in [5.74, 6) is 0. The van der Waals surface area contributed by atoms with Gasteiger partial charge in [-0.3, -0.25) is 0 Å². The van der Waals surface area contributed by atoms with Gasteiger partial charge in [0.25, 0.3) is 0 Å². The highest BCUT2D eigenvalue weighted by molar-refractivity contribution is 6.04. The Bertz CT molecular complexity index is 767. The van der Waals surface area contributed by atoms with Gasteiger partial charge in [-0.1, -0.05) is 48.5 Å². The third kappa shape index (κ3) is 2.93. The molecule has 4 aromatic carbocycles. The number of benzene rings is 4. The molecule has 0 aliphatic heterocycles. The van der Waals surface area contributed by atoms with Crippen LogP contribution in [0.4, 0.5) is 0 Å². The molecule has 2 nitrogen and oxygen atoms in total. The minimum atomic E-state index is 0.597. The van der Waals surface area contributed by atoms with Crippen molar-refractivity contribution in [2.75, 3.05) is 13.1 Å². The van der Waals surface area contributed by atoms with Gasteiger partial charge < -0.3 is 11.5 Å². The van der Waals surface area contributed by atoms with E-state index in [9.17, 15) is 0 Å². The zero-order valence-corrected chi connectivity index (χ0v) is 12.5. The summed E-state index contributed by atoms with van der Waals surface area (Å²) in [4.78, 5) is 0. The van der Waals surface area contributed by atoms with E-state index in [1.54, 1.807) is 0 Å². The zero-order valence-electron chi connectivity index (χ0n) is 12.5. The van der Waals surface area contributed by atoms with Crippen molar-refractivity contribution in [2.24, 2.45) is 11.5 Å². The van der Waals surface area contributed by atoms with Gasteiger partial charge >= 0.3 is 0 Å². The number of nitrogens with two attached hydrogens (primary N) is 2. The molecular weight excluding hydrogens is 268 g/mol. The molecule has 0 radical (unpaired) electrons. The lowest BCUT2D eigenvalue weighted by Gasteiger charge is -2.04. The molecule has 0 saturated carbocycles. The molecule has 0 aliphatic carbocycles. The fourth-order valence-electron chi connectivity index (χ4n) is 2.63. The van der Waals surface area contributed by atoms with Crippen molar-refractivity contribution >= 4 is 32.3 Å². The average molecular weight is 288 g/mol. The van der Waals surface area contributed by atoms with Crippen LogP contribution >= 0.6 is 0 Å². The van der Waals surface area contributed by atoms with Crippen LogP contribution in [0.5, 0.6) is 0 Å². The first-order chi connectivity index (χ1) is 10.8. The molecule has 0 aromatic heterocycles. The smallest absolute Gasteiger partial charge is 0.00461 e. The van der Waals surface area contributed by atoms with Crippen molar-refractivity contribution in [3.8, 4) is 0 Å². The molecule has 110 valence electrons. The molecule has 22 heavy (non-hydrogen) atoms. The summed E-state index contributed by atoms with van der Waals surface area (Å²) >= 11 is 0. The third-order valence-corrected chi connectivity index (χ3v) is 3.74. The van der Waals surface area contributed by atoms with E-state index < -0.39 is 0 Å². The minimum absolute atomic E-state index is 0.597. The van der Waals surface area contributed by atoms with E-state index in [1.807, 2.05) is 0 Å². The van der Waals surface area contributed by atoms with E-state index in [-0.39, 0.29) is 0 Å². The highest BCUT2D eigenvalue weighted by Crippen LogP contribution is 2.27. The Labute approximate surface area is 130 Å². The Balaban J connectivity index is 0.000000325. The van der Waals surface area contributed by atoms with E-state index in [4.69, 9.17) is 11.5 Å². The van der Waals surface area contributed by atoms with E-state index in [1.165, 1.54) is 32.3 Å². The Morgan fingerprint density at radius 2 is 0.727 bits per heavy atom. The summed E-state index contributed by atoms with van der Waals surface area (Å²) in [7, 11) is 0. The number of fused-ring (bicyclic) bond motifs is 3. The normalized spacial score (nSPS) is 10.6. The van der Waals surface area contributed by atoms with Crippen LogP contribution in [0.1, 0.15) is 0 Å². The maximum absolute atomic E-state index is 4.90. The molecule has 4 rings (SSSR count). The van der Waals surface area contributed by atoms with Crippen molar-refractivity contribution in [3.05, 3.63) is 72.8 Å². The first kappa shape index (κ1) is 14.5. The average Bonchev–Trinajstić information content (AvgIpc) is 2.58. The summed E-state index contributed by atoms with van der Waals surface area (Å²) in [5.41, 5.74) is 9.81. The summed E-state index contributed by atoms with van der Waals surface area (Å²) in [6.45, 7) is 1.19. The van der Waals surface area contributed by atoms with Gasteiger partial charge in [0, 0.05) is 13.1 Å². The van der Waals surface area contributed by atoms with Crippen LogP contribution in [0.3, 0.4) is 0 Å². The molecule has 4 N–H and O–H groups in total. The SMILES string of the molecule is NCCN.c1ccc2cc3cc4ccccc4cc3cc2c1. The maximum Gasteiger partial charge on any atom is 0.00461 e. The summed E-state index contributed by atoms with van der Waals surface area (Å²) in [5, 5.41) is 7.85. The standard InChI is InChI=1S/C18H12.C2H8N2/c1-2-6-14-10-18-12-16-8-4-3-7-15(16)11-17(18)9-13(14)5-1;3-1-2-4/h1-12H;1-4H2. The van der Waals surface area contributed by atoms with Gasteiger partial charge in [0.05, 0.1) is 0 Å². The van der Waals surface area contributed by atoms with E-state index in [0.29, 0.717) is 13.1 Å². The molecule has 0 saturated heterocycles. The molecule has 2 heteroatoms. The molecule has 0 bridgehead atoms. The van der Waals surface area contributed by atoms with Crippen LogP contribution in [0, 0.1) is 0 Å². The Hall–Kier alpha value is -2.42. The summed E-state index contributed by atoms with van der Waals surface area (Å²) < 4.78 is 0. The predicted molar refractivity (Wildman–Crippen MR) is 97.1 cm³/mol. The van der Waals surface area contributed by atoms with Gasteiger partial charge in [-0.05, 0) is 56.6 Å². The molecule has 0 fully saturated rings. The van der Waals surface area contributed by atoms with Crippen molar-refractivity contribution in [2.45, 2.75) is 0 Å². The quantitative estimate of drug-likeness (QED) is 0.519. The Kier molecular flexibility index (Phi) is 4.33. The van der Waals surface area contributed by atoms with Gasteiger partial charge in [0.2, 0.25) is 0 Å². The highest BCUT2D eigenvalue weighted by atomic mass is 14.6. The number of rotatable bonds is 1. The molecule has 0 spiro atoms. The van der Waals surface area contributed by atoms with Crippen LogP contribution in [0.25, 0.3) is 32.3 Å². The van der Waals surface area contributed by atoms with E-state index >= 15 is 0 Å². The Morgan fingerprint density at radius 3 is 0.955 bits per heavy atom. The van der Waals surface area contributed by atoms with Crippen LogP contribution in [-0.4, -0.2) is 13.1 Å². The van der Waals surface area contributed by atoms with Gasteiger partial charge in [-0.15, -0.1) is 0 Å². The van der Waals surface area contributed by atoms with Crippen LogP contribution in [-0.2, 0) is 0 Å². The monoisotopic (exact) mass is 288 g/mol. The Morgan fingerprint density at radius 1 is 0.455 bits per heavy atom. The van der Waals surface area contributed by atoms with E-state index in [0.717, 1.165) is 0 Å². The van der Waals surface area contributed by atoms with Gasteiger partial charge in [-0.2, -0.15) is 0 Å². The predicted octanol–water partition coefficient (Wildman–Crippen LogP) is 4.05. The molecule has 0 aliphatic rings. The lowest BCUT2D eigenvalue weighted by atomic mass is 10.00. The first-order valence-electron chi connectivity index (χ1n) is 7.53. The summed E-state index contributed by atoms with van der Waals surface area (Å²) in [6, 6.07) is 26.2. The second-order valence-electron chi connectivity index (χ2n) is 5.32. The molecular formula is C20H20N2. The molecule has 0 amide bonds. The molecule has 0 atom stereocenters. The van der Waals surface area contributed by atoms with Gasteiger partial charge in [0.15, 0.2) is 0 Å². The second kappa shape index (κ2) is 6.56. The topological polar surface area (TPSA) is 52.0 Å². The maximum atomic E-state index is 4.90. The number of hydrogen-bond donors (Lipinski definition) is 2. The van der Waals surface area contributed by atoms with Crippen molar-refractivity contribution < 1.29 is 0 Å². The van der Waals surface area contributed by atoms with Crippen LogP contribution in [0.15, 0.2) is 72.8 Å². The lowest BCUT2D eigenvalue weighted by molar-refractivity contribution is 0.976. The molecule has 0 unspecified atom stereocenters. The zero-order chi connectivity index (χ0) is 15.4. The highest BCUT2D eigenvalue weighted by Gasteiger charge is 2.00. The van der Waals surface area contributed by atoms with Crippen LogP contribution in [0.2, 0.25) is 0 Å². The second-order valence-corrected chi connectivity index (χ2v) is 5.32. The van der Waals surface area contributed by atoms with Crippen molar-refractivity contribution in [1.29, 1.82) is 0 Å². The van der Waals surface area contributed by atoms with Crippen molar-refractivity contribution in [1.82, 2.24) is 0 Å². The minimum Gasteiger partial charge on any atom is -0.329 e. The van der Waals surface area contributed by atoms with Crippen molar-refractivity contribution in [3.63, 3.8) is 0 Å². The lowest BCUT2D eigenvalue weighted by Crippen LogP contribution is -2.11. The molecule has 0 heterocycles. The number of hydrogen-bond acceptors (Lipinski definition) is 2. The van der Waals surface area contributed by atoms with Gasteiger partial charge in [-0.25, -0.2) is 0 Å². The van der Waals surface area contributed by atoms with E-state index in [2.05, 4.69) is 72.8 Å². The fraction of sp³-hybridized carbons (Fsp3) is 0.100. The fourth-order valence-corrected chi connectivity index (χ4v) is 2.63. The van der Waals surface area contributed by atoms with Crippen LogP contribution < -0.4 is 11.5 Å². The molecule has 4 aromatic rings. The largest absolute Gasteiger partial charge is 0.329 e. The summed E-state index contributed by atoms with van der Waals surface area (Å²) in [6.07, 6.45) is 0. The first-order valence-corrected chi connectivity index (χ1v) is 7.53.